The quantitative estimate of drug-likeness (QED) is 0.563. The molecule has 3 N–H and O–H groups in total. The Balaban J connectivity index is 1.99. The van der Waals surface area contributed by atoms with Crippen LogP contribution in [-0.4, -0.2) is 24.2 Å². The van der Waals surface area contributed by atoms with Crippen LogP contribution < -0.4 is 10.6 Å². The molecular formula is C19H27N3O2. The molecular weight excluding hydrogens is 302 g/mol. The molecule has 2 aromatic rings. The van der Waals surface area contributed by atoms with Crippen molar-refractivity contribution in [2.45, 2.75) is 39.8 Å². The molecule has 1 aromatic carbocycles. The van der Waals surface area contributed by atoms with E-state index in [1.54, 1.807) is 13.0 Å². The Morgan fingerprint density at radius 1 is 1.12 bits per heavy atom. The van der Waals surface area contributed by atoms with E-state index in [2.05, 4.69) is 46.8 Å². The van der Waals surface area contributed by atoms with E-state index < -0.39 is 5.60 Å². The van der Waals surface area contributed by atoms with E-state index in [1.807, 2.05) is 19.9 Å². The average molecular weight is 329 g/mol. The molecule has 2 rings (SSSR count). The van der Waals surface area contributed by atoms with Crippen molar-refractivity contribution in [2.75, 3.05) is 13.1 Å². The van der Waals surface area contributed by atoms with Crippen LogP contribution in [0.1, 0.15) is 36.5 Å². The second-order valence-electron chi connectivity index (χ2n) is 6.22. The Morgan fingerprint density at radius 3 is 2.42 bits per heavy atom. The highest BCUT2D eigenvalue weighted by atomic mass is 16.4. The van der Waals surface area contributed by atoms with Crippen LogP contribution in [0.4, 0.5) is 0 Å². The third-order valence-electron chi connectivity index (χ3n) is 3.76. The second kappa shape index (κ2) is 8.02. The number of rotatable bonds is 6. The van der Waals surface area contributed by atoms with E-state index in [9.17, 15) is 5.11 Å². The lowest BCUT2D eigenvalue weighted by Crippen LogP contribution is -2.44. The molecule has 0 amide bonds. The van der Waals surface area contributed by atoms with Crippen molar-refractivity contribution in [3.63, 3.8) is 0 Å². The summed E-state index contributed by atoms with van der Waals surface area (Å²) < 4.78 is 5.53. The Bertz CT molecular complexity index is 672. The highest BCUT2D eigenvalue weighted by molar-refractivity contribution is 5.79. The third-order valence-corrected chi connectivity index (χ3v) is 3.76. The van der Waals surface area contributed by atoms with E-state index >= 15 is 0 Å². The van der Waals surface area contributed by atoms with Gasteiger partial charge in [0, 0.05) is 6.54 Å². The van der Waals surface area contributed by atoms with Crippen LogP contribution in [0, 0.1) is 13.8 Å². The molecule has 0 spiro atoms. The molecule has 1 atom stereocenters. The van der Waals surface area contributed by atoms with Gasteiger partial charge in [-0.1, -0.05) is 29.8 Å². The van der Waals surface area contributed by atoms with Crippen molar-refractivity contribution in [2.24, 2.45) is 4.99 Å². The molecule has 0 saturated heterocycles. The van der Waals surface area contributed by atoms with Crippen molar-refractivity contribution in [3.05, 3.63) is 59.0 Å². The Morgan fingerprint density at radius 2 is 1.83 bits per heavy atom. The van der Waals surface area contributed by atoms with Gasteiger partial charge in [0.25, 0.3) is 0 Å². The highest BCUT2D eigenvalue weighted by Crippen LogP contribution is 2.21. The van der Waals surface area contributed by atoms with Gasteiger partial charge >= 0.3 is 0 Å². The first-order valence-electron chi connectivity index (χ1n) is 8.28. The van der Waals surface area contributed by atoms with E-state index in [0.717, 1.165) is 17.9 Å². The molecule has 0 aliphatic heterocycles. The van der Waals surface area contributed by atoms with Crippen molar-refractivity contribution < 1.29 is 9.52 Å². The topological polar surface area (TPSA) is 69.8 Å². The van der Waals surface area contributed by atoms with Crippen molar-refractivity contribution in [1.82, 2.24) is 10.6 Å². The van der Waals surface area contributed by atoms with Crippen LogP contribution in [0.5, 0.6) is 0 Å². The van der Waals surface area contributed by atoms with Crippen molar-refractivity contribution >= 4 is 5.96 Å². The standard InChI is InChI=1S/C19H27N3O2/c1-5-20-18(21-12-16-9-6-14(2)7-10-16)22-13-19(4,23)17-11-8-15(3)24-17/h6-11,23H,5,12-13H2,1-4H3,(H2,20,21,22). The minimum atomic E-state index is -1.10. The van der Waals surface area contributed by atoms with E-state index in [0.29, 0.717) is 24.8 Å². The first-order valence-corrected chi connectivity index (χ1v) is 8.28. The number of furan rings is 1. The number of hydrogen-bond donors (Lipinski definition) is 3. The number of benzene rings is 1. The molecule has 0 aliphatic carbocycles. The lowest BCUT2D eigenvalue weighted by atomic mass is 10.0. The van der Waals surface area contributed by atoms with Crippen LogP contribution in [0.2, 0.25) is 0 Å². The Hall–Kier alpha value is -2.27. The summed E-state index contributed by atoms with van der Waals surface area (Å²) in [6.45, 7) is 9.30. The first-order chi connectivity index (χ1) is 11.4. The molecule has 1 heterocycles. The molecule has 5 nitrogen and oxygen atoms in total. The number of aliphatic imine (C=N–C) groups is 1. The largest absolute Gasteiger partial charge is 0.463 e. The maximum Gasteiger partial charge on any atom is 0.191 e. The van der Waals surface area contributed by atoms with Crippen LogP contribution in [0.3, 0.4) is 0 Å². The molecule has 5 heteroatoms. The molecule has 0 bridgehead atoms. The molecule has 0 saturated carbocycles. The van der Waals surface area contributed by atoms with Crippen molar-refractivity contribution in [1.29, 1.82) is 0 Å². The predicted molar refractivity (Wildman–Crippen MR) is 97.0 cm³/mol. The summed E-state index contributed by atoms with van der Waals surface area (Å²) in [7, 11) is 0. The molecule has 1 unspecified atom stereocenters. The number of nitrogens with zero attached hydrogens (tertiary/aromatic N) is 1. The van der Waals surface area contributed by atoms with Crippen LogP contribution in [0.15, 0.2) is 45.8 Å². The first kappa shape index (κ1) is 18.1. The fourth-order valence-corrected chi connectivity index (χ4v) is 2.27. The number of hydrogen-bond acceptors (Lipinski definition) is 3. The minimum Gasteiger partial charge on any atom is -0.463 e. The summed E-state index contributed by atoms with van der Waals surface area (Å²) in [5.74, 6) is 1.99. The predicted octanol–water partition coefficient (Wildman–Crippen LogP) is 2.86. The smallest absolute Gasteiger partial charge is 0.191 e. The summed E-state index contributed by atoms with van der Waals surface area (Å²) in [6.07, 6.45) is 0. The number of nitrogens with one attached hydrogen (secondary N) is 2. The van der Waals surface area contributed by atoms with Gasteiger partial charge in [0.1, 0.15) is 17.1 Å². The maximum atomic E-state index is 10.6. The minimum absolute atomic E-state index is 0.305. The third kappa shape index (κ3) is 5.13. The van der Waals surface area contributed by atoms with Gasteiger partial charge in [0.15, 0.2) is 5.96 Å². The molecule has 1 aromatic heterocycles. The summed E-state index contributed by atoms with van der Waals surface area (Å²) in [5.41, 5.74) is 1.28. The zero-order chi connectivity index (χ0) is 17.6. The van der Waals surface area contributed by atoms with Gasteiger partial charge in [-0.3, -0.25) is 0 Å². The molecule has 0 fully saturated rings. The van der Waals surface area contributed by atoms with E-state index in [-0.39, 0.29) is 0 Å². The van der Waals surface area contributed by atoms with Crippen LogP contribution in [-0.2, 0) is 12.1 Å². The second-order valence-corrected chi connectivity index (χ2v) is 6.22. The molecule has 130 valence electrons. The van der Waals surface area contributed by atoms with Crippen LogP contribution in [0.25, 0.3) is 0 Å². The van der Waals surface area contributed by atoms with Crippen molar-refractivity contribution in [3.8, 4) is 0 Å². The lowest BCUT2D eigenvalue weighted by Gasteiger charge is -2.22. The Kier molecular flexibility index (Phi) is 6.04. The number of guanidine groups is 1. The maximum absolute atomic E-state index is 10.6. The van der Waals surface area contributed by atoms with Gasteiger partial charge in [-0.05, 0) is 45.4 Å². The summed E-state index contributed by atoms with van der Waals surface area (Å²) in [6, 6.07) is 12.0. The van der Waals surface area contributed by atoms with E-state index in [4.69, 9.17) is 4.42 Å². The normalized spacial score (nSPS) is 14.3. The average Bonchev–Trinajstić information content (AvgIpc) is 2.99. The van der Waals surface area contributed by atoms with Crippen LogP contribution >= 0.6 is 0 Å². The SMILES string of the molecule is CCNC(=NCc1ccc(C)cc1)NCC(C)(O)c1ccc(C)o1. The highest BCUT2D eigenvalue weighted by Gasteiger charge is 2.27. The van der Waals surface area contributed by atoms with Gasteiger partial charge in [-0.2, -0.15) is 0 Å². The van der Waals surface area contributed by atoms with Gasteiger partial charge in [-0.25, -0.2) is 4.99 Å². The number of aryl methyl sites for hydroxylation is 2. The van der Waals surface area contributed by atoms with E-state index in [1.165, 1.54) is 5.56 Å². The fourth-order valence-electron chi connectivity index (χ4n) is 2.27. The van der Waals surface area contributed by atoms with Gasteiger partial charge in [0.2, 0.25) is 0 Å². The zero-order valence-electron chi connectivity index (χ0n) is 14.9. The summed E-state index contributed by atoms with van der Waals surface area (Å²) in [5, 5.41) is 17.0. The fraction of sp³-hybridized carbons (Fsp3) is 0.421. The molecule has 0 radical (unpaired) electrons. The zero-order valence-corrected chi connectivity index (χ0v) is 14.9. The summed E-state index contributed by atoms with van der Waals surface area (Å²) >= 11 is 0. The Labute approximate surface area is 143 Å². The van der Waals surface area contributed by atoms with Gasteiger partial charge in [0.05, 0.1) is 13.1 Å². The van der Waals surface area contributed by atoms with Gasteiger partial charge in [-0.15, -0.1) is 0 Å². The lowest BCUT2D eigenvalue weighted by molar-refractivity contribution is 0.0378. The molecule has 0 aliphatic rings. The monoisotopic (exact) mass is 329 g/mol. The molecule has 24 heavy (non-hydrogen) atoms. The van der Waals surface area contributed by atoms with Gasteiger partial charge < -0.3 is 20.2 Å². The summed E-state index contributed by atoms with van der Waals surface area (Å²) in [4.78, 5) is 4.57. The number of aliphatic hydroxyl groups is 1.